The minimum absolute atomic E-state index is 0.00555. The average molecular weight is 406 g/mol. The zero-order valence-corrected chi connectivity index (χ0v) is 16.2. The summed E-state index contributed by atoms with van der Waals surface area (Å²) in [7, 11) is 0. The molecule has 1 aromatic carbocycles. The van der Waals surface area contributed by atoms with E-state index in [2.05, 4.69) is 11.0 Å². The van der Waals surface area contributed by atoms with Crippen molar-refractivity contribution in [2.45, 2.75) is 69.2 Å². The molecule has 0 saturated carbocycles. The summed E-state index contributed by atoms with van der Waals surface area (Å²) < 4.78 is 40.8. The van der Waals surface area contributed by atoms with Crippen molar-refractivity contribution in [1.82, 2.24) is 9.80 Å². The van der Waals surface area contributed by atoms with Crippen LogP contribution < -0.4 is 5.73 Å². The van der Waals surface area contributed by atoms with E-state index in [9.17, 15) is 23.2 Å². The van der Waals surface area contributed by atoms with E-state index < -0.39 is 23.5 Å². The first kappa shape index (κ1) is 20.2. The van der Waals surface area contributed by atoms with Gasteiger partial charge in [0.1, 0.15) is 11.9 Å². The van der Waals surface area contributed by atoms with Crippen LogP contribution in [0.5, 0.6) is 0 Å². The molecule has 3 fully saturated rings. The molecular weight excluding hydrogens is 381 g/mol. The SMILES string of the molecule is N#C[C@@H]1CCCN1C(=O)[C@@H](N)C1CC2CCC(C1)N2Cc1cc(F)c(F)cc1F. The van der Waals surface area contributed by atoms with Crippen molar-refractivity contribution in [3.8, 4) is 6.07 Å². The molecule has 3 heterocycles. The molecule has 156 valence electrons. The van der Waals surface area contributed by atoms with Crippen molar-refractivity contribution < 1.29 is 18.0 Å². The second-order valence-electron chi connectivity index (χ2n) is 8.49. The van der Waals surface area contributed by atoms with E-state index in [0.29, 0.717) is 31.9 Å². The molecule has 29 heavy (non-hydrogen) atoms. The molecule has 2 unspecified atom stereocenters. The highest BCUT2D eigenvalue weighted by Crippen LogP contribution is 2.41. The second kappa shape index (κ2) is 7.96. The summed E-state index contributed by atoms with van der Waals surface area (Å²) in [6.45, 7) is 0.794. The largest absolute Gasteiger partial charge is 0.325 e. The van der Waals surface area contributed by atoms with Crippen molar-refractivity contribution in [2.75, 3.05) is 6.54 Å². The quantitative estimate of drug-likeness (QED) is 0.781. The third-order valence-electron chi connectivity index (χ3n) is 6.84. The molecule has 2 N–H and O–H groups in total. The van der Waals surface area contributed by atoms with E-state index in [4.69, 9.17) is 5.73 Å². The van der Waals surface area contributed by atoms with Gasteiger partial charge in [-0.3, -0.25) is 9.69 Å². The predicted octanol–water partition coefficient (Wildman–Crippen LogP) is 2.69. The summed E-state index contributed by atoms with van der Waals surface area (Å²) in [4.78, 5) is 16.6. The van der Waals surface area contributed by atoms with Crippen molar-refractivity contribution in [2.24, 2.45) is 11.7 Å². The number of nitrogens with two attached hydrogens (primary N) is 1. The molecule has 5 nitrogen and oxygen atoms in total. The second-order valence-corrected chi connectivity index (χ2v) is 8.49. The van der Waals surface area contributed by atoms with Crippen LogP contribution in [0.4, 0.5) is 13.2 Å². The maximum Gasteiger partial charge on any atom is 0.240 e. The Bertz CT molecular complexity index is 828. The fourth-order valence-corrected chi connectivity index (χ4v) is 5.31. The van der Waals surface area contributed by atoms with Crippen LogP contribution in [-0.4, -0.2) is 46.4 Å². The van der Waals surface area contributed by atoms with E-state index in [-0.39, 0.29) is 42.1 Å². The molecule has 1 amide bonds. The van der Waals surface area contributed by atoms with Crippen LogP contribution in [0.2, 0.25) is 0 Å². The minimum Gasteiger partial charge on any atom is -0.325 e. The molecule has 0 spiro atoms. The zero-order chi connectivity index (χ0) is 20.7. The summed E-state index contributed by atoms with van der Waals surface area (Å²) in [5.74, 6) is -3.12. The number of carbonyl (C=O) groups is 1. The zero-order valence-electron chi connectivity index (χ0n) is 16.2. The predicted molar refractivity (Wildman–Crippen MR) is 99.7 cm³/mol. The van der Waals surface area contributed by atoms with Gasteiger partial charge in [-0.15, -0.1) is 0 Å². The van der Waals surface area contributed by atoms with Crippen LogP contribution in [0, 0.1) is 34.7 Å². The first-order valence-electron chi connectivity index (χ1n) is 10.2. The molecule has 4 rings (SSSR count). The van der Waals surface area contributed by atoms with Crippen LogP contribution in [-0.2, 0) is 11.3 Å². The Morgan fingerprint density at radius 3 is 2.45 bits per heavy atom. The smallest absolute Gasteiger partial charge is 0.240 e. The van der Waals surface area contributed by atoms with Gasteiger partial charge >= 0.3 is 0 Å². The topological polar surface area (TPSA) is 73.4 Å². The number of amides is 1. The normalized spacial score (nSPS) is 30.4. The first-order chi connectivity index (χ1) is 13.9. The third kappa shape index (κ3) is 3.74. The molecular formula is C21H25F3N4O. The number of carbonyl (C=O) groups excluding carboxylic acids is 1. The number of hydrogen-bond acceptors (Lipinski definition) is 4. The van der Waals surface area contributed by atoms with E-state index in [1.807, 2.05) is 0 Å². The number of rotatable bonds is 4. The van der Waals surface area contributed by atoms with Gasteiger partial charge in [0.05, 0.1) is 12.1 Å². The molecule has 0 aromatic heterocycles. The lowest BCUT2D eigenvalue weighted by atomic mass is 9.84. The van der Waals surface area contributed by atoms with Crippen molar-refractivity contribution in [1.29, 1.82) is 5.26 Å². The summed E-state index contributed by atoms with van der Waals surface area (Å²) in [6, 6.07) is 2.94. The van der Waals surface area contributed by atoms with Gasteiger partial charge in [-0.2, -0.15) is 5.26 Å². The van der Waals surface area contributed by atoms with Crippen LogP contribution in [0.3, 0.4) is 0 Å². The summed E-state index contributed by atoms with van der Waals surface area (Å²) in [5, 5.41) is 9.23. The monoisotopic (exact) mass is 406 g/mol. The number of benzene rings is 1. The highest BCUT2D eigenvalue weighted by molar-refractivity contribution is 5.83. The van der Waals surface area contributed by atoms with Gasteiger partial charge in [0.25, 0.3) is 0 Å². The fourth-order valence-electron chi connectivity index (χ4n) is 5.31. The lowest BCUT2D eigenvalue weighted by Gasteiger charge is -2.41. The molecule has 3 aliphatic rings. The van der Waals surface area contributed by atoms with Crippen molar-refractivity contribution in [3.05, 3.63) is 35.1 Å². The molecule has 3 saturated heterocycles. The van der Waals surface area contributed by atoms with Crippen LogP contribution in [0.25, 0.3) is 0 Å². The number of nitrogens with zero attached hydrogens (tertiary/aromatic N) is 3. The van der Waals surface area contributed by atoms with Gasteiger partial charge in [-0.25, -0.2) is 13.2 Å². The van der Waals surface area contributed by atoms with Crippen molar-refractivity contribution in [3.63, 3.8) is 0 Å². The highest BCUT2D eigenvalue weighted by Gasteiger charge is 2.45. The highest BCUT2D eigenvalue weighted by atomic mass is 19.2. The maximum absolute atomic E-state index is 14.1. The van der Waals surface area contributed by atoms with Crippen molar-refractivity contribution >= 4 is 5.91 Å². The van der Waals surface area contributed by atoms with E-state index in [0.717, 1.165) is 25.3 Å². The van der Waals surface area contributed by atoms with Gasteiger partial charge in [0, 0.05) is 36.8 Å². The maximum atomic E-state index is 14.1. The lowest BCUT2D eigenvalue weighted by Crippen LogP contribution is -2.53. The van der Waals surface area contributed by atoms with E-state index in [1.165, 1.54) is 0 Å². The number of likely N-dealkylation sites (tertiary alicyclic amines) is 1. The molecule has 0 radical (unpaired) electrons. The minimum atomic E-state index is -1.19. The fraction of sp³-hybridized carbons (Fsp3) is 0.619. The van der Waals surface area contributed by atoms with Gasteiger partial charge in [0.2, 0.25) is 5.91 Å². The molecule has 4 atom stereocenters. The van der Waals surface area contributed by atoms with Gasteiger partial charge in [-0.05, 0) is 50.5 Å². The first-order valence-corrected chi connectivity index (χ1v) is 10.2. The average Bonchev–Trinajstić information content (AvgIpc) is 3.26. The Kier molecular flexibility index (Phi) is 5.54. The number of halogens is 3. The molecule has 8 heteroatoms. The third-order valence-corrected chi connectivity index (χ3v) is 6.84. The van der Waals surface area contributed by atoms with Crippen LogP contribution >= 0.6 is 0 Å². The van der Waals surface area contributed by atoms with E-state index >= 15 is 0 Å². The Labute approximate surface area is 168 Å². The summed E-state index contributed by atoms with van der Waals surface area (Å²) in [5.41, 5.74) is 6.48. The Morgan fingerprint density at radius 2 is 1.79 bits per heavy atom. The molecule has 1 aromatic rings. The van der Waals surface area contributed by atoms with Gasteiger partial charge < -0.3 is 10.6 Å². The number of hydrogen-bond donors (Lipinski definition) is 1. The number of nitriles is 1. The van der Waals surface area contributed by atoms with E-state index in [1.54, 1.807) is 4.90 Å². The summed E-state index contributed by atoms with van der Waals surface area (Å²) in [6.07, 6.45) is 4.76. The standard InChI is InChI=1S/C21H25F3N4O/c22-17-9-19(24)18(23)8-13(17)11-28-14-3-4-15(28)7-12(6-14)20(26)21(29)27-5-1-2-16(27)10-25/h8-9,12,14-16,20H,1-7,11,26H2/t12?,14?,15?,16-,20-/m0/s1. The lowest BCUT2D eigenvalue weighted by molar-refractivity contribution is -0.134. The Balaban J connectivity index is 1.43. The number of piperidine rings is 1. The van der Waals surface area contributed by atoms with Crippen LogP contribution in [0.1, 0.15) is 44.1 Å². The van der Waals surface area contributed by atoms with Gasteiger partial charge in [-0.1, -0.05) is 0 Å². The Morgan fingerprint density at radius 1 is 1.14 bits per heavy atom. The molecule has 0 aliphatic carbocycles. The van der Waals surface area contributed by atoms with Gasteiger partial charge in [0.15, 0.2) is 11.6 Å². The molecule has 3 aliphatic heterocycles. The summed E-state index contributed by atoms with van der Waals surface area (Å²) >= 11 is 0. The molecule has 2 bridgehead atoms. The van der Waals surface area contributed by atoms with Crippen LogP contribution in [0.15, 0.2) is 12.1 Å². The Hall–Kier alpha value is -2.11. The number of fused-ring (bicyclic) bond motifs is 2.